The van der Waals surface area contributed by atoms with Crippen LogP contribution in [0.2, 0.25) is 0 Å². The molecule has 0 aliphatic carbocycles. The van der Waals surface area contributed by atoms with Gasteiger partial charge in [-0.3, -0.25) is 14.4 Å². The first kappa shape index (κ1) is 41.9. The zero-order chi connectivity index (χ0) is 39.3. The number of amides is 5. The van der Waals surface area contributed by atoms with Gasteiger partial charge < -0.3 is 35.6 Å². The van der Waals surface area contributed by atoms with E-state index in [0.29, 0.717) is 31.7 Å². The predicted molar refractivity (Wildman–Crippen MR) is 211 cm³/mol. The van der Waals surface area contributed by atoms with Gasteiger partial charge in [-0.05, 0) is 88.5 Å². The highest BCUT2D eigenvalue weighted by Crippen LogP contribution is 2.23. The largest absolute Gasteiger partial charge is 0.483 e. The molecule has 0 radical (unpaired) electrons. The number of nitrogens with one attached hydrogen (secondary N) is 4. The van der Waals surface area contributed by atoms with Gasteiger partial charge >= 0.3 is 6.03 Å². The Hall–Kier alpha value is -4.90. The monoisotopic (exact) mass is 741 g/mol. The second-order valence-corrected chi connectivity index (χ2v) is 15.6. The second kappa shape index (κ2) is 20.0. The maximum Gasteiger partial charge on any atom is 0.318 e. The first-order valence-corrected chi connectivity index (χ1v) is 19.0. The Bertz CT molecular complexity index is 1660. The number of hydrogen-bond acceptors (Lipinski definition) is 6. The fourth-order valence-electron chi connectivity index (χ4n) is 6.92. The molecule has 5 amide bonds. The van der Waals surface area contributed by atoms with Crippen molar-refractivity contribution < 1.29 is 28.7 Å². The molecule has 0 spiro atoms. The van der Waals surface area contributed by atoms with E-state index in [4.69, 9.17) is 9.47 Å². The lowest BCUT2D eigenvalue weighted by atomic mass is 9.92. The fourth-order valence-corrected chi connectivity index (χ4v) is 6.92. The highest BCUT2D eigenvalue weighted by atomic mass is 16.5. The standard InChI is InChI=1S/C43H59N5O6/c1-29(2)39(48-23-15-22-44-42(48)52)41(51)45-34(24-32-18-10-8-11-19-32)26-36(53-28-38(50)47-43(5,6)7)35(25-33-20-12-9-13-21-33)46-37(49)27-54-40-30(3)16-14-17-31(40)4/h8-14,16-21,29,34-36,39H,15,22-28H2,1-7H3,(H,44,52)(H,45,51)(H,46,49)(H,47,50)/t34-,35-,36-,39-/m0/s1. The Morgan fingerprint density at radius 3 is 2.00 bits per heavy atom. The van der Waals surface area contributed by atoms with Crippen molar-refractivity contribution in [1.29, 1.82) is 0 Å². The van der Waals surface area contributed by atoms with Crippen molar-refractivity contribution >= 4 is 23.8 Å². The quantitative estimate of drug-likeness (QED) is 0.140. The Labute approximate surface area is 320 Å². The smallest absolute Gasteiger partial charge is 0.318 e. The number of para-hydroxylation sites is 1. The van der Waals surface area contributed by atoms with Gasteiger partial charge in [-0.1, -0.05) is 92.7 Å². The molecular formula is C43H59N5O6. The lowest BCUT2D eigenvalue weighted by molar-refractivity contribution is -0.132. The van der Waals surface area contributed by atoms with Crippen LogP contribution in [0.15, 0.2) is 78.9 Å². The number of hydrogen-bond donors (Lipinski definition) is 4. The molecule has 3 aromatic carbocycles. The summed E-state index contributed by atoms with van der Waals surface area (Å²) >= 11 is 0. The highest BCUT2D eigenvalue weighted by molar-refractivity contribution is 5.88. The minimum Gasteiger partial charge on any atom is -0.483 e. The average Bonchev–Trinajstić information content (AvgIpc) is 3.10. The summed E-state index contributed by atoms with van der Waals surface area (Å²) in [4.78, 5) is 55.6. The molecule has 54 heavy (non-hydrogen) atoms. The molecule has 0 aromatic heterocycles. The van der Waals surface area contributed by atoms with Crippen molar-refractivity contribution in [1.82, 2.24) is 26.2 Å². The summed E-state index contributed by atoms with van der Waals surface area (Å²) in [6.45, 7) is 14.0. The Balaban J connectivity index is 1.67. The van der Waals surface area contributed by atoms with Crippen LogP contribution in [-0.4, -0.2) is 84.7 Å². The number of aryl methyl sites for hydroxylation is 2. The van der Waals surface area contributed by atoms with E-state index >= 15 is 0 Å². The van der Waals surface area contributed by atoms with E-state index in [1.807, 2.05) is 127 Å². The van der Waals surface area contributed by atoms with Crippen molar-refractivity contribution in [3.05, 3.63) is 101 Å². The third kappa shape index (κ3) is 13.2. The topological polar surface area (TPSA) is 138 Å². The van der Waals surface area contributed by atoms with E-state index in [9.17, 15) is 19.2 Å². The van der Waals surface area contributed by atoms with Crippen molar-refractivity contribution in [3.8, 4) is 5.75 Å². The summed E-state index contributed by atoms with van der Waals surface area (Å²) in [7, 11) is 0. The summed E-state index contributed by atoms with van der Waals surface area (Å²) in [5.41, 5.74) is 3.34. The normalized spacial score (nSPS) is 15.4. The SMILES string of the molecule is Cc1cccc(C)c1OCC(=O)N[C@@H](Cc1ccccc1)[C@H](C[C@H](Cc1ccccc1)NC(=O)[C@H](C(C)C)N1CCCNC1=O)OCC(=O)NC(C)(C)C. The molecular weight excluding hydrogens is 683 g/mol. The lowest BCUT2D eigenvalue weighted by Crippen LogP contribution is -2.59. The third-order valence-electron chi connectivity index (χ3n) is 9.33. The average molecular weight is 742 g/mol. The summed E-state index contributed by atoms with van der Waals surface area (Å²) < 4.78 is 12.5. The van der Waals surface area contributed by atoms with E-state index in [1.54, 1.807) is 4.90 Å². The van der Waals surface area contributed by atoms with Gasteiger partial charge in [0.1, 0.15) is 18.4 Å². The number of carbonyl (C=O) groups excluding carboxylic acids is 4. The molecule has 0 unspecified atom stereocenters. The first-order chi connectivity index (χ1) is 25.7. The zero-order valence-electron chi connectivity index (χ0n) is 32.9. The van der Waals surface area contributed by atoms with Crippen molar-refractivity contribution in [3.63, 3.8) is 0 Å². The molecule has 11 heteroatoms. The van der Waals surface area contributed by atoms with Gasteiger partial charge in [0.25, 0.3) is 5.91 Å². The summed E-state index contributed by atoms with van der Waals surface area (Å²) in [6.07, 6.45) is 1.14. The number of nitrogens with zero attached hydrogens (tertiary/aromatic N) is 1. The van der Waals surface area contributed by atoms with Crippen LogP contribution in [0, 0.1) is 19.8 Å². The summed E-state index contributed by atoms with van der Waals surface area (Å²) in [5.74, 6) is -0.396. The van der Waals surface area contributed by atoms with E-state index in [0.717, 1.165) is 28.7 Å². The number of carbonyl (C=O) groups is 4. The van der Waals surface area contributed by atoms with E-state index in [2.05, 4.69) is 21.3 Å². The van der Waals surface area contributed by atoms with E-state index < -0.39 is 29.8 Å². The minimum absolute atomic E-state index is 0.152. The molecule has 4 atom stereocenters. The van der Waals surface area contributed by atoms with Gasteiger partial charge in [0, 0.05) is 24.7 Å². The molecule has 11 nitrogen and oxygen atoms in total. The van der Waals surface area contributed by atoms with Gasteiger partial charge in [-0.2, -0.15) is 0 Å². The maximum atomic E-state index is 14.2. The molecule has 1 heterocycles. The number of rotatable bonds is 18. The van der Waals surface area contributed by atoms with Crippen molar-refractivity contribution in [2.45, 2.75) is 104 Å². The summed E-state index contributed by atoms with van der Waals surface area (Å²) in [5, 5.41) is 12.3. The highest BCUT2D eigenvalue weighted by Gasteiger charge is 2.36. The van der Waals surface area contributed by atoms with Gasteiger partial charge in [0.15, 0.2) is 6.61 Å². The van der Waals surface area contributed by atoms with Crippen LogP contribution >= 0.6 is 0 Å². The molecule has 292 valence electrons. The molecule has 1 aliphatic rings. The van der Waals surface area contributed by atoms with Crippen molar-refractivity contribution in [2.24, 2.45) is 5.92 Å². The molecule has 0 bridgehead atoms. The van der Waals surface area contributed by atoms with Crippen LogP contribution in [0.25, 0.3) is 0 Å². The maximum absolute atomic E-state index is 14.2. The van der Waals surface area contributed by atoms with Crippen LogP contribution in [0.4, 0.5) is 4.79 Å². The molecule has 1 aliphatic heterocycles. The van der Waals surface area contributed by atoms with Crippen molar-refractivity contribution in [2.75, 3.05) is 26.3 Å². The fraction of sp³-hybridized carbons (Fsp3) is 0.488. The van der Waals surface area contributed by atoms with Gasteiger partial charge in [0.2, 0.25) is 11.8 Å². The third-order valence-corrected chi connectivity index (χ3v) is 9.33. The van der Waals surface area contributed by atoms with Crippen LogP contribution in [0.5, 0.6) is 5.75 Å². The first-order valence-electron chi connectivity index (χ1n) is 19.0. The second-order valence-electron chi connectivity index (χ2n) is 15.6. The molecule has 0 saturated carbocycles. The van der Waals surface area contributed by atoms with Gasteiger partial charge in [-0.15, -0.1) is 0 Å². The zero-order valence-corrected chi connectivity index (χ0v) is 32.9. The van der Waals surface area contributed by atoms with Crippen LogP contribution in [0.1, 0.15) is 69.7 Å². The van der Waals surface area contributed by atoms with E-state index in [-0.39, 0.29) is 49.3 Å². The minimum atomic E-state index is -0.718. The van der Waals surface area contributed by atoms with Gasteiger partial charge in [0.05, 0.1) is 12.1 Å². The van der Waals surface area contributed by atoms with Crippen LogP contribution in [-0.2, 0) is 32.0 Å². The lowest BCUT2D eigenvalue weighted by Gasteiger charge is -2.37. The number of benzene rings is 3. The number of urea groups is 1. The van der Waals surface area contributed by atoms with Crippen LogP contribution in [0.3, 0.4) is 0 Å². The number of ether oxygens (including phenoxy) is 2. The Kier molecular flexibility index (Phi) is 15.5. The Morgan fingerprint density at radius 1 is 0.815 bits per heavy atom. The van der Waals surface area contributed by atoms with Gasteiger partial charge in [-0.25, -0.2) is 4.79 Å². The molecule has 4 N–H and O–H groups in total. The molecule has 1 saturated heterocycles. The van der Waals surface area contributed by atoms with Crippen LogP contribution < -0.4 is 26.0 Å². The molecule has 1 fully saturated rings. The summed E-state index contributed by atoms with van der Waals surface area (Å²) in [6, 6.07) is 23.4. The molecule has 4 rings (SSSR count). The predicted octanol–water partition coefficient (Wildman–Crippen LogP) is 5.27. The molecule has 3 aromatic rings. The Morgan fingerprint density at radius 2 is 1.43 bits per heavy atom. The van der Waals surface area contributed by atoms with E-state index in [1.165, 1.54) is 0 Å².